The second kappa shape index (κ2) is 15.8. The number of benzene rings is 3. The highest BCUT2D eigenvalue weighted by atomic mass is 35.5. The maximum Gasteiger partial charge on any atom is 0.252 e. The molecule has 1 heterocycles. The number of rotatable bonds is 12. The molecule has 0 saturated carbocycles. The molecule has 2 N–H and O–H groups in total. The van der Waals surface area contributed by atoms with Crippen molar-refractivity contribution in [2.75, 3.05) is 11.9 Å². The van der Waals surface area contributed by atoms with Crippen molar-refractivity contribution in [2.45, 2.75) is 45.6 Å². The Balaban J connectivity index is 1.71. The molecule has 11 heteroatoms. The van der Waals surface area contributed by atoms with Crippen LogP contribution in [0.3, 0.4) is 0 Å². The van der Waals surface area contributed by atoms with Crippen LogP contribution in [0, 0.1) is 23.1 Å². The van der Waals surface area contributed by atoms with Crippen LogP contribution in [0.25, 0.3) is 0 Å². The molecule has 0 aliphatic heterocycles. The Bertz CT molecular complexity index is 1640. The molecule has 1 unspecified atom stereocenters. The van der Waals surface area contributed by atoms with Gasteiger partial charge < -0.3 is 9.88 Å². The van der Waals surface area contributed by atoms with E-state index in [2.05, 4.69) is 35.6 Å². The Labute approximate surface area is 272 Å². The number of hydrazine groups is 1. The number of hydrogen-bond donors (Lipinski definition) is 2. The van der Waals surface area contributed by atoms with Crippen LogP contribution >= 0.6 is 35.4 Å². The van der Waals surface area contributed by atoms with Gasteiger partial charge >= 0.3 is 0 Å². The van der Waals surface area contributed by atoms with Gasteiger partial charge in [0.25, 0.3) is 5.91 Å². The fraction of sp³-hybridized carbons (Fsp3) is 0.273. The van der Waals surface area contributed by atoms with Gasteiger partial charge in [-0.05, 0) is 84.9 Å². The Kier molecular flexibility index (Phi) is 11.9. The number of nitrogens with one attached hydrogen (secondary N) is 2. The zero-order chi connectivity index (χ0) is 31.6. The fourth-order valence-electron chi connectivity index (χ4n) is 4.73. The number of nitriles is 1. The van der Waals surface area contributed by atoms with Gasteiger partial charge in [-0.1, -0.05) is 67.4 Å². The minimum Gasteiger partial charge on any atom is -0.331 e. The van der Waals surface area contributed by atoms with Crippen molar-refractivity contribution in [3.8, 4) is 6.07 Å². The van der Waals surface area contributed by atoms with E-state index in [1.54, 1.807) is 48.9 Å². The first kappa shape index (κ1) is 33.1. The molecule has 4 aromatic rings. The van der Waals surface area contributed by atoms with Gasteiger partial charge in [-0.2, -0.15) is 5.26 Å². The first-order valence-corrected chi connectivity index (χ1v) is 15.4. The van der Waals surface area contributed by atoms with E-state index in [9.17, 15) is 14.4 Å². The highest BCUT2D eigenvalue weighted by Gasteiger charge is 2.32. The zero-order valence-electron chi connectivity index (χ0n) is 24.4. The number of carbonyl (C=O) groups excluding carboxylic acids is 1. The lowest BCUT2D eigenvalue weighted by molar-refractivity contribution is -0.131. The highest BCUT2D eigenvalue weighted by Crippen LogP contribution is 2.31. The lowest BCUT2D eigenvalue weighted by Crippen LogP contribution is -2.51. The second-order valence-electron chi connectivity index (χ2n) is 10.8. The summed E-state index contributed by atoms with van der Waals surface area (Å²) in [6.45, 7) is 5.18. The molecule has 0 aliphatic rings. The van der Waals surface area contributed by atoms with Gasteiger partial charge in [0.1, 0.15) is 5.82 Å². The Morgan fingerprint density at radius 1 is 1.14 bits per heavy atom. The van der Waals surface area contributed by atoms with Gasteiger partial charge in [0, 0.05) is 25.0 Å². The maximum absolute atomic E-state index is 14.6. The summed E-state index contributed by atoms with van der Waals surface area (Å²) in [5, 5.41) is 14.3. The smallest absolute Gasteiger partial charge is 0.252 e. The van der Waals surface area contributed by atoms with Crippen molar-refractivity contribution in [3.05, 3.63) is 118 Å². The summed E-state index contributed by atoms with van der Waals surface area (Å²) in [4.78, 5) is 18.9. The second-order valence-corrected chi connectivity index (χ2v) is 12.0. The van der Waals surface area contributed by atoms with E-state index >= 15 is 0 Å². The number of halogens is 3. The molecule has 1 amide bonds. The largest absolute Gasteiger partial charge is 0.331 e. The van der Waals surface area contributed by atoms with Crippen LogP contribution in [0.4, 0.5) is 10.1 Å². The monoisotopic (exact) mass is 650 g/mol. The number of hydrogen-bond acceptors (Lipinski definition) is 5. The van der Waals surface area contributed by atoms with Crippen LogP contribution in [-0.2, 0) is 17.8 Å². The zero-order valence-corrected chi connectivity index (χ0v) is 26.8. The predicted molar refractivity (Wildman–Crippen MR) is 177 cm³/mol. The van der Waals surface area contributed by atoms with Crippen LogP contribution in [0.2, 0.25) is 10.0 Å². The molecule has 0 spiro atoms. The third-order valence-electron chi connectivity index (χ3n) is 7.02. The normalized spacial score (nSPS) is 11.7. The molecule has 1 aromatic heterocycles. The average Bonchev–Trinajstić information content (AvgIpc) is 3.45. The van der Waals surface area contributed by atoms with E-state index in [-0.39, 0.29) is 17.4 Å². The summed E-state index contributed by atoms with van der Waals surface area (Å²) in [5.74, 6) is -1.06. The average molecular weight is 652 g/mol. The molecule has 4 rings (SSSR count). The van der Waals surface area contributed by atoms with Gasteiger partial charge in [0.15, 0.2) is 5.11 Å². The highest BCUT2D eigenvalue weighted by molar-refractivity contribution is 7.80. The van der Waals surface area contributed by atoms with E-state index in [4.69, 9.17) is 35.4 Å². The fourth-order valence-corrected chi connectivity index (χ4v) is 5.40. The van der Waals surface area contributed by atoms with Crippen LogP contribution < -0.4 is 10.7 Å². The topological polar surface area (TPSA) is 86.0 Å². The van der Waals surface area contributed by atoms with Crippen LogP contribution in [0.15, 0.2) is 79.3 Å². The van der Waals surface area contributed by atoms with E-state index in [1.165, 1.54) is 17.1 Å². The number of carbonyl (C=O) groups is 1. The molecule has 0 fully saturated rings. The molecule has 7 nitrogen and oxygen atoms in total. The van der Waals surface area contributed by atoms with Crippen LogP contribution in [0.1, 0.15) is 55.0 Å². The molecule has 0 radical (unpaired) electrons. The minimum absolute atomic E-state index is 0.0745. The summed E-state index contributed by atoms with van der Waals surface area (Å²) in [5.41, 5.74) is 6.44. The molecule has 0 saturated heterocycles. The molecular weight excluding hydrogens is 618 g/mol. The maximum atomic E-state index is 14.6. The first-order valence-electron chi connectivity index (χ1n) is 14.2. The van der Waals surface area contributed by atoms with Gasteiger partial charge in [0.05, 0.1) is 39.6 Å². The van der Waals surface area contributed by atoms with E-state index in [0.717, 1.165) is 18.4 Å². The summed E-state index contributed by atoms with van der Waals surface area (Å²) in [7, 11) is 0. The van der Waals surface area contributed by atoms with E-state index in [1.807, 2.05) is 22.8 Å². The molecular formula is C33H33Cl2FN6OS. The molecule has 0 bridgehead atoms. The predicted octanol–water partition coefficient (Wildman–Crippen LogP) is 7.74. The van der Waals surface area contributed by atoms with E-state index in [0.29, 0.717) is 51.6 Å². The van der Waals surface area contributed by atoms with Gasteiger partial charge in [-0.15, -0.1) is 0 Å². The third-order valence-corrected chi connectivity index (χ3v) is 8.16. The van der Waals surface area contributed by atoms with Crippen molar-refractivity contribution < 1.29 is 9.18 Å². The number of thiocarbonyl (C=S) groups is 1. The Hall–Kier alpha value is -3.81. The van der Waals surface area contributed by atoms with Crippen LogP contribution in [-0.4, -0.2) is 32.1 Å². The molecule has 44 heavy (non-hydrogen) atoms. The third kappa shape index (κ3) is 8.87. The number of imidazole rings is 1. The summed E-state index contributed by atoms with van der Waals surface area (Å²) in [6.07, 6.45) is 5.30. The van der Waals surface area contributed by atoms with Gasteiger partial charge in [-0.25, -0.2) is 19.8 Å². The first-order chi connectivity index (χ1) is 21.2. The standard InChI is InChI=1S/C33H33Cl2FN6OS/c1-22(2)6-5-15-39-42(33(44)40-27-9-4-8-26(36)17-27)32(43)28(16-25-7-3-10-29(34)31(25)35)30-19-38-21-41(30)20-24-13-11-23(18-37)12-14-24/h3-4,7-14,17,19,21-22,28,39H,5-6,15-16,20H2,1-2H3,(H,40,44). The lowest BCUT2D eigenvalue weighted by Gasteiger charge is -2.29. The SMILES string of the molecule is CC(C)CCCNN(C(=O)C(Cc1cccc(Cl)c1Cl)c1cncn1Cc1ccc(C#N)cc1)C(=S)Nc1cccc(F)c1. The van der Waals surface area contributed by atoms with Gasteiger partial charge in [0.2, 0.25) is 0 Å². The molecule has 3 aromatic carbocycles. The quantitative estimate of drug-likeness (QED) is 0.0927. The molecule has 1 atom stereocenters. The van der Waals surface area contributed by atoms with Gasteiger partial charge in [-0.3, -0.25) is 4.79 Å². The molecule has 228 valence electrons. The number of aromatic nitrogens is 2. The minimum atomic E-state index is -0.781. The van der Waals surface area contributed by atoms with Crippen molar-refractivity contribution in [3.63, 3.8) is 0 Å². The van der Waals surface area contributed by atoms with Crippen LogP contribution in [0.5, 0.6) is 0 Å². The van der Waals surface area contributed by atoms with E-state index < -0.39 is 11.7 Å². The summed E-state index contributed by atoms with van der Waals surface area (Å²) in [6, 6.07) is 20.6. The van der Waals surface area contributed by atoms with Crippen molar-refractivity contribution in [1.29, 1.82) is 5.26 Å². The number of amides is 1. The Morgan fingerprint density at radius 2 is 1.89 bits per heavy atom. The number of anilines is 1. The van der Waals surface area contributed by atoms with Crippen molar-refractivity contribution in [1.82, 2.24) is 20.0 Å². The Morgan fingerprint density at radius 3 is 2.59 bits per heavy atom. The summed E-state index contributed by atoms with van der Waals surface area (Å²) >= 11 is 18.7. The lowest BCUT2D eigenvalue weighted by atomic mass is 9.95. The van der Waals surface area contributed by atoms with Crippen molar-refractivity contribution in [2.24, 2.45) is 5.92 Å². The number of nitrogens with zero attached hydrogens (tertiary/aromatic N) is 4. The molecule has 0 aliphatic carbocycles. The summed E-state index contributed by atoms with van der Waals surface area (Å²) < 4.78 is 15.9. The van der Waals surface area contributed by atoms with Crippen molar-refractivity contribution >= 4 is 52.1 Å².